The first-order chi connectivity index (χ1) is 13.5. The number of nitrogens with zero attached hydrogens (tertiary/aromatic N) is 1. The van der Waals surface area contributed by atoms with Gasteiger partial charge in [-0.1, -0.05) is 59.2 Å². The van der Waals surface area contributed by atoms with Crippen molar-refractivity contribution in [2.45, 2.75) is 40.0 Å². The molecule has 0 atom stereocenters. The van der Waals surface area contributed by atoms with E-state index in [1.165, 1.54) is 0 Å². The minimum Gasteiger partial charge on any atom is -0.374 e. The van der Waals surface area contributed by atoms with Gasteiger partial charge in [0.05, 0.1) is 17.7 Å². The van der Waals surface area contributed by atoms with Gasteiger partial charge in [-0.3, -0.25) is 4.79 Å². The van der Waals surface area contributed by atoms with Gasteiger partial charge in [-0.2, -0.15) is 0 Å². The number of amides is 1. The summed E-state index contributed by atoms with van der Waals surface area (Å²) in [6, 6.07) is 15.2. The second kappa shape index (κ2) is 9.04. The number of halogens is 1. The molecule has 3 rings (SSSR count). The second-order valence-corrected chi connectivity index (χ2v) is 7.21. The van der Waals surface area contributed by atoms with Crippen molar-refractivity contribution < 1.29 is 14.1 Å². The van der Waals surface area contributed by atoms with Gasteiger partial charge in [-0.15, -0.1) is 0 Å². The first kappa shape index (κ1) is 20.1. The van der Waals surface area contributed by atoms with Crippen LogP contribution in [0.2, 0.25) is 5.02 Å². The maximum Gasteiger partial charge on any atom is 0.257 e. The highest BCUT2D eigenvalue weighted by Gasteiger charge is 2.22. The smallest absolute Gasteiger partial charge is 0.257 e. The van der Waals surface area contributed by atoms with E-state index in [0.29, 0.717) is 40.8 Å². The number of hydrogen-bond acceptors (Lipinski definition) is 4. The number of nitrogens with one attached hydrogen (secondary N) is 1. The quantitative estimate of drug-likeness (QED) is 0.597. The first-order valence-electron chi connectivity index (χ1n) is 9.14. The second-order valence-electron chi connectivity index (χ2n) is 6.80. The Labute approximate surface area is 169 Å². The summed E-state index contributed by atoms with van der Waals surface area (Å²) < 4.78 is 10.9. The van der Waals surface area contributed by atoms with Crippen LogP contribution in [0, 0.1) is 6.92 Å². The topological polar surface area (TPSA) is 64.4 Å². The third-order valence-corrected chi connectivity index (χ3v) is 4.58. The van der Waals surface area contributed by atoms with Gasteiger partial charge >= 0.3 is 0 Å². The lowest BCUT2D eigenvalue weighted by Gasteiger charge is -2.10. The number of rotatable bonds is 7. The summed E-state index contributed by atoms with van der Waals surface area (Å²) in [7, 11) is 0. The molecule has 146 valence electrons. The Morgan fingerprint density at radius 1 is 1.18 bits per heavy atom. The molecule has 0 saturated carbocycles. The average molecular weight is 399 g/mol. The van der Waals surface area contributed by atoms with Crippen LogP contribution in [-0.2, 0) is 17.9 Å². The summed E-state index contributed by atoms with van der Waals surface area (Å²) in [4.78, 5) is 12.8. The molecule has 2 aromatic carbocycles. The molecule has 1 aromatic heterocycles. The lowest BCUT2D eigenvalue weighted by atomic mass is 10.1. The van der Waals surface area contributed by atoms with E-state index in [1.807, 2.05) is 56.3 Å². The normalized spacial score (nSPS) is 11.0. The molecule has 5 nitrogen and oxygen atoms in total. The Bertz CT molecular complexity index is 966. The Kier molecular flexibility index (Phi) is 6.49. The van der Waals surface area contributed by atoms with E-state index in [4.69, 9.17) is 20.9 Å². The van der Waals surface area contributed by atoms with Crippen LogP contribution in [0.1, 0.15) is 41.1 Å². The summed E-state index contributed by atoms with van der Waals surface area (Å²) in [6.07, 6.45) is 0.170. The molecule has 6 heteroatoms. The predicted octanol–water partition coefficient (Wildman–Crippen LogP) is 5.16. The van der Waals surface area contributed by atoms with Gasteiger partial charge < -0.3 is 14.6 Å². The molecule has 0 fully saturated rings. The number of carbonyl (C=O) groups excluding carboxylic acids is 1. The summed E-state index contributed by atoms with van der Waals surface area (Å²) in [5.41, 5.74) is 3.57. The molecular weight excluding hydrogens is 376 g/mol. The van der Waals surface area contributed by atoms with Crippen molar-refractivity contribution >= 4 is 17.5 Å². The maximum atomic E-state index is 12.8. The van der Waals surface area contributed by atoms with Crippen LogP contribution >= 0.6 is 11.6 Å². The molecule has 0 saturated heterocycles. The van der Waals surface area contributed by atoms with Crippen LogP contribution in [0.3, 0.4) is 0 Å². The number of aryl methyl sites for hydroxylation is 1. The highest BCUT2D eigenvalue weighted by molar-refractivity contribution is 6.33. The summed E-state index contributed by atoms with van der Waals surface area (Å²) in [5, 5.41) is 7.50. The molecular formula is C22H23ClN2O3. The number of benzene rings is 2. The van der Waals surface area contributed by atoms with Crippen LogP contribution in [-0.4, -0.2) is 17.2 Å². The van der Waals surface area contributed by atoms with Crippen molar-refractivity contribution in [2.75, 3.05) is 0 Å². The van der Waals surface area contributed by atoms with Crippen molar-refractivity contribution in [2.24, 2.45) is 0 Å². The minimum absolute atomic E-state index is 0.170. The van der Waals surface area contributed by atoms with Gasteiger partial charge in [0.2, 0.25) is 0 Å². The third kappa shape index (κ3) is 4.80. The van der Waals surface area contributed by atoms with E-state index in [0.717, 1.165) is 11.1 Å². The molecule has 0 aliphatic carbocycles. The van der Waals surface area contributed by atoms with Crippen LogP contribution in [0.4, 0.5) is 0 Å². The Balaban J connectivity index is 1.74. The summed E-state index contributed by atoms with van der Waals surface area (Å²) >= 11 is 6.26. The zero-order valence-electron chi connectivity index (χ0n) is 16.2. The van der Waals surface area contributed by atoms with Gasteiger partial charge in [0, 0.05) is 12.1 Å². The van der Waals surface area contributed by atoms with Crippen LogP contribution in [0.15, 0.2) is 53.1 Å². The van der Waals surface area contributed by atoms with Gasteiger partial charge in [0.1, 0.15) is 17.0 Å². The van der Waals surface area contributed by atoms with E-state index >= 15 is 0 Å². The molecule has 0 unspecified atom stereocenters. The minimum atomic E-state index is -0.252. The number of ether oxygens (including phenoxy) is 1. The standard InChI is InChI=1S/C22H23ClN2O3/c1-14(2)27-13-17-8-6-7-16(11-17)12-24-22(26)20-15(3)28-25-21(20)18-9-4-5-10-19(18)23/h4-11,14H,12-13H2,1-3H3,(H,24,26). The SMILES string of the molecule is Cc1onc(-c2ccccc2Cl)c1C(=O)NCc1cccc(COC(C)C)c1. The van der Waals surface area contributed by atoms with Crippen molar-refractivity contribution in [3.05, 3.63) is 76.0 Å². The zero-order valence-corrected chi connectivity index (χ0v) is 16.9. The van der Waals surface area contributed by atoms with Gasteiger partial charge in [-0.25, -0.2) is 0 Å². The average Bonchev–Trinajstić information content (AvgIpc) is 3.06. The fraction of sp³-hybridized carbons (Fsp3) is 0.273. The highest BCUT2D eigenvalue weighted by Crippen LogP contribution is 2.30. The Morgan fingerprint density at radius 3 is 2.68 bits per heavy atom. The van der Waals surface area contributed by atoms with E-state index in [-0.39, 0.29) is 12.0 Å². The summed E-state index contributed by atoms with van der Waals surface area (Å²) in [6.45, 7) is 6.65. The van der Waals surface area contributed by atoms with Gasteiger partial charge in [0.15, 0.2) is 0 Å². The number of hydrogen-bond donors (Lipinski definition) is 1. The maximum absolute atomic E-state index is 12.8. The lowest BCUT2D eigenvalue weighted by Crippen LogP contribution is -2.23. The molecule has 1 amide bonds. The fourth-order valence-electron chi connectivity index (χ4n) is 2.84. The zero-order chi connectivity index (χ0) is 20.1. The van der Waals surface area contributed by atoms with E-state index in [1.54, 1.807) is 13.0 Å². The number of aromatic nitrogens is 1. The van der Waals surface area contributed by atoms with Crippen molar-refractivity contribution in [1.29, 1.82) is 0 Å². The van der Waals surface area contributed by atoms with Crippen molar-refractivity contribution in [1.82, 2.24) is 10.5 Å². The monoisotopic (exact) mass is 398 g/mol. The molecule has 0 aliphatic heterocycles. The van der Waals surface area contributed by atoms with Crippen LogP contribution in [0.25, 0.3) is 11.3 Å². The predicted molar refractivity (Wildman–Crippen MR) is 109 cm³/mol. The third-order valence-electron chi connectivity index (χ3n) is 4.25. The highest BCUT2D eigenvalue weighted by atomic mass is 35.5. The van der Waals surface area contributed by atoms with Gasteiger partial charge in [-0.05, 0) is 38.0 Å². The molecule has 3 aromatic rings. The fourth-order valence-corrected chi connectivity index (χ4v) is 3.06. The lowest BCUT2D eigenvalue weighted by molar-refractivity contribution is 0.0657. The van der Waals surface area contributed by atoms with E-state index in [9.17, 15) is 4.79 Å². The Hall–Kier alpha value is -2.63. The van der Waals surface area contributed by atoms with E-state index in [2.05, 4.69) is 10.5 Å². The summed E-state index contributed by atoms with van der Waals surface area (Å²) in [5.74, 6) is 0.198. The van der Waals surface area contributed by atoms with Crippen LogP contribution < -0.4 is 5.32 Å². The molecule has 0 bridgehead atoms. The molecule has 28 heavy (non-hydrogen) atoms. The van der Waals surface area contributed by atoms with Crippen molar-refractivity contribution in [3.63, 3.8) is 0 Å². The Morgan fingerprint density at radius 2 is 1.93 bits per heavy atom. The molecule has 1 heterocycles. The first-order valence-corrected chi connectivity index (χ1v) is 9.52. The van der Waals surface area contributed by atoms with Crippen molar-refractivity contribution in [3.8, 4) is 11.3 Å². The molecule has 0 spiro atoms. The molecule has 0 aliphatic rings. The van der Waals surface area contributed by atoms with E-state index < -0.39 is 0 Å². The van der Waals surface area contributed by atoms with Gasteiger partial charge in [0.25, 0.3) is 5.91 Å². The number of carbonyl (C=O) groups is 1. The van der Waals surface area contributed by atoms with Crippen LogP contribution in [0.5, 0.6) is 0 Å². The molecule has 1 N–H and O–H groups in total. The largest absolute Gasteiger partial charge is 0.374 e. The molecule has 0 radical (unpaired) electrons.